The summed E-state index contributed by atoms with van der Waals surface area (Å²) < 4.78 is 27.9. The van der Waals surface area contributed by atoms with Crippen LogP contribution in [-0.2, 0) is 9.59 Å². The van der Waals surface area contributed by atoms with E-state index in [1.54, 1.807) is 0 Å². The second-order valence-corrected chi connectivity index (χ2v) is 7.35. The van der Waals surface area contributed by atoms with Crippen LogP contribution in [0.15, 0.2) is 18.2 Å². The average Bonchev–Trinajstić information content (AvgIpc) is 3.25. The van der Waals surface area contributed by atoms with Gasteiger partial charge in [0.05, 0.1) is 5.92 Å². The van der Waals surface area contributed by atoms with Crippen LogP contribution in [0.2, 0.25) is 0 Å². The van der Waals surface area contributed by atoms with E-state index in [0.717, 1.165) is 36.3 Å². The van der Waals surface area contributed by atoms with E-state index < -0.39 is 23.6 Å². The lowest BCUT2D eigenvalue weighted by molar-refractivity contribution is -0.130. The lowest BCUT2D eigenvalue weighted by Gasteiger charge is -2.28. The molecule has 3 fully saturated rings. The quantitative estimate of drug-likeness (QED) is 0.835. The number of halogens is 3. The molecule has 0 aromatic heterocycles. The van der Waals surface area contributed by atoms with Crippen molar-refractivity contribution < 1.29 is 18.4 Å². The second kappa shape index (κ2) is 7.12. The van der Waals surface area contributed by atoms with Crippen LogP contribution < -0.4 is 16.0 Å². The minimum absolute atomic E-state index is 0. The van der Waals surface area contributed by atoms with Gasteiger partial charge in [0, 0.05) is 12.6 Å². The Bertz CT molecular complexity index is 710. The summed E-state index contributed by atoms with van der Waals surface area (Å²) in [4.78, 5) is 26.2. The van der Waals surface area contributed by atoms with Gasteiger partial charge in [0.1, 0.15) is 23.4 Å². The first-order valence-corrected chi connectivity index (χ1v) is 8.78. The number of nitrogens with one attached hydrogen (secondary N) is 1. The first kappa shape index (κ1) is 19.0. The van der Waals surface area contributed by atoms with Crippen LogP contribution in [0, 0.1) is 29.4 Å². The molecular formula is C18H22ClF2N3O2. The van der Waals surface area contributed by atoms with E-state index in [9.17, 15) is 18.4 Å². The summed E-state index contributed by atoms with van der Waals surface area (Å²) in [6.07, 6.45) is 3.37. The van der Waals surface area contributed by atoms with Crippen molar-refractivity contribution in [1.82, 2.24) is 5.32 Å². The molecule has 2 amide bonds. The molecular weight excluding hydrogens is 364 g/mol. The highest BCUT2D eigenvalue weighted by atomic mass is 35.5. The maximum absolute atomic E-state index is 13.9. The summed E-state index contributed by atoms with van der Waals surface area (Å²) in [5.41, 5.74) is 5.83. The third-order valence-electron chi connectivity index (χ3n) is 6.01. The van der Waals surface area contributed by atoms with Crippen LogP contribution in [0.3, 0.4) is 0 Å². The van der Waals surface area contributed by atoms with Crippen molar-refractivity contribution in [2.75, 3.05) is 11.4 Å². The topological polar surface area (TPSA) is 75.4 Å². The third kappa shape index (κ3) is 2.97. The number of carbonyl (C=O) groups is 2. The van der Waals surface area contributed by atoms with E-state index in [0.29, 0.717) is 12.3 Å². The van der Waals surface area contributed by atoms with Crippen molar-refractivity contribution in [3.8, 4) is 0 Å². The van der Waals surface area contributed by atoms with E-state index >= 15 is 0 Å². The molecule has 4 rings (SSSR count). The van der Waals surface area contributed by atoms with Crippen LogP contribution in [0.25, 0.3) is 0 Å². The van der Waals surface area contributed by atoms with E-state index in [2.05, 4.69) is 5.32 Å². The van der Waals surface area contributed by atoms with Crippen molar-refractivity contribution in [2.45, 2.75) is 37.8 Å². The maximum atomic E-state index is 13.9. The highest BCUT2D eigenvalue weighted by Crippen LogP contribution is 2.47. The molecule has 5 atom stereocenters. The number of nitrogens with zero attached hydrogens (tertiary/aromatic N) is 1. The molecule has 2 saturated carbocycles. The highest BCUT2D eigenvalue weighted by Gasteiger charge is 2.50. The fourth-order valence-electron chi connectivity index (χ4n) is 4.78. The number of rotatable bonds is 3. The molecule has 0 spiro atoms. The van der Waals surface area contributed by atoms with Crippen LogP contribution in [-0.4, -0.2) is 30.4 Å². The van der Waals surface area contributed by atoms with Gasteiger partial charge in [0.25, 0.3) is 0 Å². The van der Waals surface area contributed by atoms with Gasteiger partial charge in [-0.2, -0.15) is 0 Å². The predicted molar refractivity (Wildman–Crippen MR) is 94.8 cm³/mol. The van der Waals surface area contributed by atoms with E-state index in [1.165, 1.54) is 6.07 Å². The Kier molecular flexibility index (Phi) is 5.21. The van der Waals surface area contributed by atoms with Gasteiger partial charge in [-0.15, -0.1) is 12.4 Å². The summed E-state index contributed by atoms with van der Waals surface area (Å²) in [6, 6.07) is 2.58. The molecule has 1 heterocycles. The lowest BCUT2D eigenvalue weighted by Crippen LogP contribution is -2.50. The average molecular weight is 386 g/mol. The summed E-state index contributed by atoms with van der Waals surface area (Å²) >= 11 is 0. The Morgan fingerprint density at radius 3 is 2.42 bits per heavy atom. The lowest BCUT2D eigenvalue weighted by atomic mass is 9.84. The number of fused-ring (bicyclic) bond motifs is 2. The fraction of sp³-hybridized carbons (Fsp3) is 0.556. The van der Waals surface area contributed by atoms with Gasteiger partial charge >= 0.3 is 0 Å². The van der Waals surface area contributed by atoms with E-state index in [-0.39, 0.29) is 48.4 Å². The van der Waals surface area contributed by atoms with Gasteiger partial charge in [-0.05, 0) is 49.7 Å². The van der Waals surface area contributed by atoms with E-state index in [1.807, 2.05) is 0 Å². The zero-order chi connectivity index (χ0) is 17.7. The number of para-hydroxylation sites is 1. The molecule has 3 aliphatic rings. The first-order valence-electron chi connectivity index (χ1n) is 8.78. The maximum Gasteiger partial charge on any atom is 0.249 e. The van der Waals surface area contributed by atoms with Crippen molar-refractivity contribution in [1.29, 1.82) is 0 Å². The summed E-state index contributed by atoms with van der Waals surface area (Å²) in [7, 11) is 0. The molecule has 1 aromatic carbocycles. The Morgan fingerprint density at radius 2 is 1.81 bits per heavy atom. The Hall–Kier alpha value is -1.73. The van der Waals surface area contributed by atoms with Gasteiger partial charge < -0.3 is 16.0 Å². The largest absolute Gasteiger partial charge is 0.344 e. The monoisotopic (exact) mass is 385 g/mol. The Labute approximate surface area is 156 Å². The van der Waals surface area contributed by atoms with Gasteiger partial charge in [-0.3, -0.25) is 9.59 Å². The molecule has 2 bridgehead atoms. The number of benzene rings is 1. The number of hydrogen-bond acceptors (Lipinski definition) is 3. The van der Waals surface area contributed by atoms with Crippen LogP contribution in [0.5, 0.6) is 0 Å². The first-order chi connectivity index (χ1) is 12.0. The van der Waals surface area contributed by atoms with Crippen molar-refractivity contribution in [2.24, 2.45) is 23.5 Å². The van der Waals surface area contributed by atoms with Gasteiger partial charge in [-0.1, -0.05) is 6.07 Å². The Morgan fingerprint density at radius 1 is 1.15 bits per heavy atom. The third-order valence-corrected chi connectivity index (χ3v) is 6.01. The molecule has 1 aromatic rings. The normalized spacial score (nSPS) is 32.7. The van der Waals surface area contributed by atoms with Crippen LogP contribution in [0.1, 0.15) is 25.7 Å². The Balaban J connectivity index is 0.00000196. The van der Waals surface area contributed by atoms with Gasteiger partial charge in [0.2, 0.25) is 11.8 Å². The molecule has 26 heavy (non-hydrogen) atoms. The smallest absolute Gasteiger partial charge is 0.249 e. The van der Waals surface area contributed by atoms with E-state index in [4.69, 9.17) is 5.73 Å². The molecule has 2 aliphatic carbocycles. The second-order valence-electron chi connectivity index (χ2n) is 7.35. The molecule has 1 saturated heterocycles. The molecule has 0 radical (unpaired) electrons. The van der Waals surface area contributed by atoms with Crippen LogP contribution in [0.4, 0.5) is 14.5 Å². The SMILES string of the molecule is Cl.NC1C2CCC(C2)C1C(=O)NC1CCN(c2c(F)cccc2F)C1=O. The van der Waals surface area contributed by atoms with Crippen molar-refractivity contribution in [3.63, 3.8) is 0 Å². The molecule has 8 heteroatoms. The summed E-state index contributed by atoms with van der Waals surface area (Å²) in [6.45, 7) is 0.171. The molecule has 1 aliphatic heterocycles. The standard InChI is InChI=1S/C18H21F2N3O2.ClH/c19-11-2-1-3-12(20)16(11)23-7-6-13(18(23)25)22-17(24)14-9-4-5-10(8-9)15(14)21;/h1-3,9-10,13-15H,4-8,21H2,(H,22,24);1H. The van der Waals surface area contributed by atoms with Gasteiger partial charge in [0.15, 0.2) is 0 Å². The highest BCUT2D eigenvalue weighted by molar-refractivity contribution is 6.01. The van der Waals surface area contributed by atoms with Crippen LogP contribution >= 0.6 is 12.4 Å². The molecule has 5 nitrogen and oxygen atoms in total. The van der Waals surface area contributed by atoms with Crippen molar-refractivity contribution in [3.05, 3.63) is 29.8 Å². The van der Waals surface area contributed by atoms with Crippen molar-refractivity contribution >= 4 is 29.9 Å². The minimum Gasteiger partial charge on any atom is -0.344 e. The zero-order valence-electron chi connectivity index (χ0n) is 14.2. The number of hydrogen-bond donors (Lipinski definition) is 2. The summed E-state index contributed by atoms with van der Waals surface area (Å²) in [5, 5.41) is 2.77. The molecule has 3 N–H and O–H groups in total. The number of amides is 2. The molecule has 142 valence electrons. The number of anilines is 1. The number of carbonyl (C=O) groups excluding carboxylic acids is 2. The fourth-order valence-corrected chi connectivity index (χ4v) is 4.78. The zero-order valence-corrected chi connectivity index (χ0v) is 15.0. The van der Waals surface area contributed by atoms with Gasteiger partial charge in [-0.25, -0.2) is 8.78 Å². The molecule has 5 unspecified atom stereocenters. The number of nitrogens with two attached hydrogens (primary N) is 1. The predicted octanol–water partition coefficient (Wildman–Crippen LogP) is 1.98. The summed E-state index contributed by atoms with van der Waals surface area (Å²) in [5.74, 6) is -1.82. The minimum atomic E-state index is -0.782.